The van der Waals surface area contributed by atoms with Crippen LogP contribution in [0, 0.1) is 23.7 Å². The Kier molecular flexibility index (Phi) is 4.20. The topological polar surface area (TPSA) is 95.5 Å². The fourth-order valence-electron chi connectivity index (χ4n) is 3.93. The number of carbonyl (C=O) groups is 3. The van der Waals surface area contributed by atoms with Crippen molar-refractivity contribution < 1.29 is 19.5 Å². The zero-order valence-corrected chi connectivity index (χ0v) is 15.0. The first-order valence-electron chi connectivity index (χ1n) is 8.15. The number of rotatable bonds is 3. The Balaban J connectivity index is 1.47. The molecule has 0 unspecified atom stereocenters. The van der Waals surface area contributed by atoms with Gasteiger partial charge in [-0.25, -0.2) is 0 Å². The summed E-state index contributed by atoms with van der Waals surface area (Å²) >= 11 is 7.49. The Hall–Kier alpha value is -2.38. The van der Waals surface area contributed by atoms with Crippen LogP contribution >= 0.6 is 22.9 Å². The van der Waals surface area contributed by atoms with Crippen LogP contribution in [0.1, 0.15) is 16.1 Å². The Morgan fingerprint density at radius 1 is 1.08 bits per heavy atom. The zero-order chi connectivity index (χ0) is 18.4. The van der Waals surface area contributed by atoms with Crippen LogP contribution in [-0.4, -0.2) is 22.9 Å². The Morgan fingerprint density at radius 2 is 1.77 bits per heavy atom. The standard InChI is InChI=1S/C18H15ClN2O4S/c19-14-10-3-1-2-4-11(10)26-15(14)17(23)21-20-16(22)12-8-5-6-9(7-8)13(12)18(24)25/h1-6,8-9,12-13H,7H2,(H,20,22)(H,21,23)(H,24,25)/t8-,9-,12+,13+/m0/s1. The molecule has 2 bridgehead atoms. The third-order valence-corrected chi connectivity index (χ3v) is 6.76. The number of allylic oxidation sites excluding steroid dienone is 2. The van der Waals surface area contributed by atoms with Gasteiger partial charge in [0.1, 0.15) is 4.88 Å². The molecule has 2 aromatic rings. The molecule has 2 amide bonds. The van der Waals surface area contributed by atoms with Crippen LogP contribution in [0.25, 0.3) is 10.1 Å². The summed E-state index contributed by atoms with van der Waals surface area (Å²) in [6.07, 6.45) is 4.41. The van der Waals surface area contributed by atoms with Gasteiger partial charge < -0.3 is 5.11 Å². The van der Waals surface area contributed by atoms with Gasteiger partial charge in [-0.3, -0.25) is 25.2 Å². The van der Waals surface area contributed by atoms with E-state index in [1.807, 2.05) is 36.4 Å². The van der Waals surface area contributed by atoms with Gasteiger partial charge in [-0.05, 0) is 24.3 Å². The minimum atomic E-state index is -0.985. The highest BCUT2D eigenvalue weighted by Crippen LogP contribution is 2.48. The molecule has 26 heavy (non-hydrogen) atoms. The molecule has 8 heteroatoms. The molecule has 0 spiro atoms. The number of carboxylic acids is 1. The van der Waals surface area contributed by atoms with E-state index in [9.17, 15) is 19.5 Å². The summed E-state index contributed by atoms with van der Waals surface area (Å²) in [5.41, 5.74) is 4.74. The lowest BCUT2D eigenvalue weighted by Gasteiger charge is -2.23. The van der Waals surface area contributed by atoms with Crippen molar-refractivity contribution in [2.45, 2.75) is 6.42 Å². The molecule has 1 aromatic carbocycles. The zero-order valence-electron chi connectivity index (χ0n) is 13.4. The smallest absolute Gasteiger partial charge is 0.307 e. The van der Waals surface area contributed by atoms with E-state index in [4.69, 9.17) is 11.6 Å². The maximum Gasteiger partial charge on any atom is 0.307 e. The van der Waals surface area contributed by atoms with Crippen molar-refractivity contribution in [3.8, 4) is 0 Å². The summed E-state index contributed by atoms with van der Waals surface area (Å²) in [6.45, 7) is 0. The molecular weight excluding hydrogens is 376 g/mol. The summed E-state index contributed by atoms with van der Waals surface area (Å²) in [4.78, 5) is 36.7. The van der Waals surface area contributed by atoms with E-state index in [-0.39, 0.29) is 11.8 Å². The highest BCUT2D eigenvalue weighted by molar-refractivity contribution is 7.21. The summed E-state index contributed by atoms with van der Waals surface area (Å²) in [7, 11) is 0. The maximum atomic E-state index is 12.5. The monoisotopic (exact) mass is 390 g/mol. The first-order chi connectivity index (χ1) is 12.5. The van der Waals surface area contributed by atoms with Gasteiger partial charge >= 0.3 is 5.97 Å². The Morgan fingerprint density at radius 3 is 2.46 bits per heavy atom. The van der Waals surface area contributed by atoms with Crippen molar-refractivity contribution in [1.82, 2.24) is 10.9 Å². The number of carboxylic acid groups (broad SMARTS) is 1. The van der Waals surface area contributed by atoms with Gasteiger partial charge in [0.25, 0.3) is 5.91 Å². The lowest BCUT2D eigenvalue weighted by molar-refractivity contribution is -0.148. The van der Waals surface area contributed by atoms with Crippen LogP contribution in [0.5, 0.6) is 0 Å². The number of thiophene rings is 1. The summed E-state index contributed by atoms with van der Waals surface area (Å²) in [6, 6.07) is 7.37. The van der Waals surface area contributed by atoms with Gasteiger partial charge in [-0.1, -0.05) is 42.0 Å². The van der Waals surface area contributed by atoms with E-state index in [1.165, 1.54) is 11.3 Å². The first kappa shape index (κ1) is 17.1. The number of nitrogens with one attached hydrogen (secondary N) is 2. The molecule has 4 rings (SSSR count). The molecule has 134 valence electrons. The fraction of sp³-hybridized carbons (Fsp3) is 0.278. The molecule has 2 aliphatic rings. The number of hydrazine groups is 1. The summed E-state index contributed by atoms with van der Waals surface area (Å²) < 4.78 is 0.873. The van der Waals surface area contributed by atoms with Crippen LogP contribution in [0.15, 0.2) is 36.4 Å². The van der Waals surface area contributed by atoms with Crippen molar-refractivity contribution in [3.63, 3.8) is 0 Å². The molecule has 0 saturated heterocycles. The molecule has 4 atom stereocenters. The average Bonchev–Trinajstić information content (AvgIpc) is 3.32. The van der Waals surface area contributed by atoms with E-state index in [0.29, 0.717) is 16.3 Å². The summed E-state index contributed by atoms with van der Waals surface area (Å²) in [5, 5.41) is 10.5. The quantitative estimate of drug-likeness (QED) is 0.554. The third-order valence-electron chi connectivity index (χ3n) is 5.09. The first-order valence-corrected chi connectivity index (χ1v) is 9.35. The van der Waals surface area contributed by atoms with Crippen LogP contribution in [-0.2, 0) is 9.59 Å². The maximum absolute atomic E-state index is 12.5. The molecule has 0 radical (unpaired) electrons. The molecule has 3 N–H and O–H groups in total. The minimum absolute atomic E-state index is 0.106. The van der Waals surface area contributed by atoms with Gasteiger partial charge in [0.15, 0.2) is 0 Å². The van der Waals surface area contributed by atoms with Crippen molar-refractivity contribution in [1.29, 1.82) is 0 Å². The van der Waals surface area contributed by atoms with E-state index in [0.717, 1.165) is 10.1 Å². The van der Waals surface area contributed by atoms with Crippen LogP contribution in [0.2, 0.25) is 5.02 Å². The largest absolute Gasteiger partial charge is 0.481 e. The predicted molar refractivity (Wildman–Crippen MR) is 97.8 cm³/mol. The number of aliphatic carboxylic acids is 1. The Bertz CT molecular complexity index is 954. The lowest BCUT2D eigenvalue weighted by atomic mass is 9.82. The second-order valence-electron chi connectivity index (χ2n) is 6.52. The van der Waals surface area contributed by atoms with E-state index < -0.39 is 29.6 Å². The molecule has 1 heterocycles. The van der Waals surface area contributed by atoms with Crippen LogP contribution in [0.3, 0.4) is 0 Å². The SMILES string of the molecule is O=C(NNC(=O)[C@H]1[C@H](C(=O)O)[C@H]2C=C[C@H]1C2)c1sc2ccccc2c1Cl. The van der Waals surface area contributed by atoms with Crippen LogP contribution < -0.4 is 10.9 Å². The molecule has 6 nitrogen and oxygen atoms in total. The highest BCUT2D eigenvalue weighted by Gasteiger charge is 2.51. The number of fused-ring (bicyclic) bond motifs is 3. The number of halogens is 1. The second-order valence-corrected chi connectivity index (χ2v) is 7.95. The average molecular weight is 391 g/mol. The second kappa shape index (κ2) is 6.41. The van der Waals surface area contributed by atoms with Crippen molar-refractivity contribution in [3.05, 3.63) is 46.3 Å². The molecule has 1 saturated carbocycles. The van der Waals surface area contributed by atoms with Gasteiger partial charge in [0.05, 0.1) is 16.9 Å². The molecule has 0 aliphatic heterocycles. The van der Waals surface area contributed by atoms with Crippen molar-refractivity contribution >= 4 is 50.8 Å². The lowest BCUT2D eigenvalue weighted by Crippen LogP contribution is -2.48. The number of benzene rings is 1. The summed E-state index contributed by atoms with van der Waals surface area (Å²) in [5.74, 6) is -3.65. The van der Waals surface area contributed by atoms with Gasteiger partial charge in [0, 0.05) is 10.1 Å². The van der Waals surface area contributed by atoms with E-state index >= 15 is 0 Å². The number of hydrogen-bond donors (Lipinski definition) is 3. The molecular formula is C18H15ClN2O4S. The van der Waals surface area contributed by atoms with Gasteiger partial charge in [-0.2, -0.15) is 0 Å². The molecule has 1 fully saturated rings. The number of hydrogen-bond acceptors (Lipinski definition) is 4. The Labute approximate surface area is 157 Å². The normalized spacial score (nSPS) is 26.2. The number of carbonyl (C=O) groups excluding carboxylic acids is 2. The van der Waals surface area contributed by atoms with Crippen molar-refractivity contribution in [2.75, 3.05) is 0 Å². The van der Waals surface area contributed by atoms with E-state index in [2.05, 4.69) is 10.9 Å². The minimum Gasteiger partial charge on any atom is -0.481 e. The van der Waals surface area contributed by atoms with Gasteiger partial charge in [-0.15, -0.1) is 11.3 Å². The number of amides is 2. The highest BCUT2D eigenvalue weighted by atomic mass is 35.5. The molecule has 2 aliphatic carbocycles. The van der Waals surface area contributed by atoms with Crippen LogP contribution in [0.4, 0.5) is 0 Å². The van der Waals surface area contributed by atoms with Crippen molar-refractivity contribution in [2.24, 2.45) is 23.7 Å². The predicted octanol–water partition coefficient (Wildman–Crippen LogP) is 2.84. The van der Waals surface area contributed by atoms with E-state index in [1.54, 1.807) is 0 Å². The van der Waals surface area contributed by atoms with Gasteiger partial charge in [0.2, 0.25) is 5.91 Å². The fourth-order valence-corrected chi connectivity index (χ4v) is 5.35. The third kappa shape index (κ3) is 2.68. The molecule has 1 aromatic heterocycles.